The summed E-state index contributed by atoms with van der Waals surface area (Å²) in [6.45, 7) is 0.134. The number of nitrogens with zero attached hydrogens (tertiary/aromatic N) is 2. The minimum absolute atomic E-state index is 0.0295. The third-order valence-corrected chi connectivity index (χ3v) is 4.33. The Bertz CT molecular complexity index is 1090. The molecule has 4 rings (SSSR count). The summed E-state index contributed by atoms with van der Waals surface area (Å²) in [6, 6.07) is 23.5. The number of carbonyl (C=O) groups is 1. The molecule has 29 heavy (non-hydrogen) atoms. The lowest BCUT2D eigenvalue weighted by Crippen LogP contribution is -2.01. The Morgan fingerprint density at radius 3 is 2.21 bits per heavy atom. The zero-order valence-electron chi connectivity index (χ0n) is 15.7. The SMILES string of the molecule is COc1ccc(-c2noc(COc3ccc(C(=O)c4ccccc4)cc3)n2)cc1. The van der Waals surface area contributed by atoms with Crippen LogP contribution in [-0.4, -0.2) is 23.0 Å². The molecule has 0 bridgehead atoms. The van der Waals surface area contributed by atoms with E-state index < -0.39 is 0 Å². The third-order valence-electron chi connectivity index (χ3n) is 4.33. The lowest BCUT2D eigenvalue weighted by atomic mass is 10.0. The van der Waals surface area contributed by atoms with Crippen LogP contribution >= 0.6 is 0 Å². The first-order valence-electron chi connectivity index (χ1n) is 9.02. The smallest absolute Gasteiger partial charge is 0.264 e. The lowest BCUT2D eigenvalue weighted by Gasteiger charge is -2.05. The molecule has 0 N–H and O–H groups in total. The molecule has 0 aliphatic carbocycles. The Morgan fingerprint density at radius 1 is 0.862 bits per heavy atom. The molecule has 0 radical (unpaired) electrons. The van der Waals surface area contributed by atoms with E-state index in [2.05, 4.69) is 10.1 Å². The maximum atomic E-state index is 12.4. The summed E-state index contributed by atoms with van der Waals surface area (Å²) in [4.78, 5) is 16.8. The van der Waals surface area contributed by atoms with Crippen LogP contribution in [0.1, 0.15) is 21.8 Å². The number of methoxy groups -OCH3 is 1. The van der Waals surface area contributed by atoms with Crippen molar-refractivity contribution >= 4 is 5.78 Å². The highest BCUT2D eigenvalue weighted by Crippen LogP contribution is 2.21. The predicted octanol–water partition coefficient (Wildman–Crippen LogP) is 4.56. The van der Waals surface area contributed by atoms with Crippen molar-refractivity contribution < 1.29 is 18.8 Å². The standard InChI is InChI=1S/C23H18N2O4/c1-27-19-11-9-18(10-12-19)23-24-21(29-25-23)15-28-20-13-7-17(8-14-20)22(26)16-5-3-2-4-6-16/h2-14H,15H2,1H3. The van der Waals surface area contributed by atoms with Crippen molar-refractivity contribution in [3.05, 3.63) is 95.9 Å². The first-order valence-corrected chi connectivity index (χ1v) is 9.02. The van der Waals surface area contributed by atoms with Crippen LogP contribution in [0.2, 0.25) is 0 Å². The van der Waals surface area contributed by atoms with Gasteiger partial charge in [0.1, 0.15) is 11.5 Å². The molecule has 0 aliphatic rings. The fourth-order valence-electron chi connectivity index (χ4n) is 2.77. The summed E-state index contributed by atoms with van der Waals surface area (Å²) in [5, 5.41) is 3.97. The van der Waals surface area contributed by atoms with E-state index in [1.165, 1.54) is 0 Å². The number of aromatic nitrogens is 2. The van der Waals surface area contributed by atoms with Gasteiger partial charge in [-0.05, 0) is 48.5 Å². The molecule has 0 fully saturated rings. The Morgan fingerprint density at radius 2 is 1.52 bits per heavy atom. The second-order valence-corrected chi connectivity index (χ2v) is 6.25. The molecule has 0 aliphatic heterocycles. The average molecular weight is 386 g/mol. The minimum atomic E-state index is -0.0295. The van der Waals surface area contributed by atoms with Crippen LogP contribution < -0.4 is 9.47 Å². The van der Waals surface area contributed by atoms with Crippen molar-refractivity contribution in [3.63, 3.8) is 0 Å². The molecular weight excluding hydrogens is 368 g/mol. The van der Waals surface area contributed by atoms with Gasteiger partial charge < -0.3 is 14.0 Å². The molecule has 0 atom stereocenters. The summed E-state index contributed by atoms with van der Waals surface area (Å²) < 4.78 is 16.1. The predicted molar refractivity (Wildman–Crippen MR) is 107 cm³/mol. The van der Waals surface area contributed by atoms with E-state index in [0.717, 1.165) is 11.3 Å². The maximum absolute atomic E-state index is 12.4. The molecule has 6 nitrogen and oxygen atoms in total. The van der Waals surface area contributed by atoms with Crippen molar-refractivity contribution in [2.75, 3.05) is 7.11 Å². The summed E-state index contributed by atoms with van der Waals surface area (Å²) >= 11 is 0. The van der Waals surface area contributed by atoms with Crippen molar-refractivity contribution in [1.82, 2.24) is 10.1 Å². The Balaban J connectivity index is 1.38. The van der Waals surface area contributed by atoms with Crippen molar-refractivity contribution in [2.45, 2.75) is 6.61 Å². The van der Waals surface area contributed by atoms with Crippen LogP contribution in [0.25, 0.3) is 11.4 Å². The van der Waals surface area contributed by atoms with Gasteiger partial charge in [0.15, 0.2) is 12.4 Å². The van der Waals surface area contributed by atoms with Crippen LogP contribution in [0.15, 0.2) is 83.4 Å². The molecule has 6 heteroatoms. The van der Waals surface area contributed by atoms with Crippen LogP contribution in [0.3, 0.4) is 0 Å². The zero-order valence-corrected chi connectivity index (χ0v) is 15.7. The van der Waals surface area contributed by atoms with E-state index in [9.17, 15) is 4.79 Å². The molecule has 1 heterocycles. The second kappa shape index (κ2) is 8.39. The first kappa shape index (κ1) is 18.4. The van der Waals surface area contributed by atoms with Crippen molar-refractivity contribution in [1.29, 1.82) is 0 Å². The molecule has 1 aromatic heterocycles. The number of benzene rings is 3. The molecule has 0 saturated carbocycles. The topological polar surface area (TPSA) is 74.5 Å². The van der Waals surface area contributed by atoms with Crippen molar-refractivity contribution in [3.8, 4) is 22.9 Å². The summed E-state index contributed by atoms with van der Waals surface area (Å²) in [6.07, 6.45) is 0. The molecule has 0 spiro atoms. The van der Waals surface area contributed by atoms with Gasteiger partial charge in [0, 0.05) is 16.7 Å². The number of ether oxygens (including phenoxy) is 2. The number of carbonyl (C=O) groups excluding carboxylic acids is 1. The Kier molecular flexibility index (Phi) is 5.33. The van der Waals surface area contributed by atoms with Gasteiger partial charge in [0.2, 0.25) is 5.82 Å². The van der Waals surface area contributed by atoms with E-state index in [4.69, 9.17) is 14.0 Å². The van der Waals surface area contributed by atoms with E-state index in [1.807, 2.05) is 42.5 Å². The second-order valence-electron chi connectivity index (χ2n) is 6.25. The number of ketones is 1. The molecule has 0 unspecified atom stereocenters. The normalized spacial score (nSPS) is 10.5. The highest BCUT2D eigenvalue weighted by molar-refractivity contribution is 6.08. The molecular formula is C23H18N2O4. The first-order chi connectivity index (χ1) is 14.2. The summed E-state index contributed by atoms with van der Waals surface area (Å²) in [7, 11) is 1.61. The molecule has 144 valence electrons. The monoisotopic (exact) mass is 386 g/mol. The highest BCUT2D eigenvalue weighted by Gasteiger charge is 2.11. The van der Waals surface area contributed by atoms with Gasteiger partial charge in [-0.25, -0.2) is 0 Å². The molecule has 4 aromatic rings. The van der Waals surface area contributed by atoms with Crippen LogP contribution in [-0.2, 0) is 6.61 Å². The van der Waals surface area contributed by atoms with Gasteiger partial charge in [0.25, 0.3) is 5.89 Å². The van der Waals surface area contributed by atoms with Gasteiger partial charge in [0.05, 0.1) is 7.11 Å². The van der Waals surface area contributed by atoms with E-state index in [-0.39, 0.29) is 12.4 Å². The Hall–Kier alpha value is -3.93. The largest absolute Gasteiger partial charge is 0.497 e. The average Bonchev–Trinajstić information content (AvgIpc) is 3.27. The summed E-state index contributed by atoms with van der Waals surface area (Å²) in [5.41, 5.74) is 2.07. The fourth-order valence-corrected chi connectivity index (χ4v) is 2.77. The number of hydrogen-bond donors (Lipinski definition) is 0. The fraction of sp³-hybridized carbons (Fsp3) is 0.0870. The molecule has 0 amide bonds. The number of hydrogen-bond acceptors (Lipinski definition) is 6. The van der Waals surface area contributed by atoms with E-state index in [0.29, 0.717) is 28.6 Å². The van der Waals surface area contributed by atoms with Gasteiger partial charge in [-0.3, -0.25) is 4.79 Å². The molecule has 3 aromatic carbocycles. The Labute approximate surface area is 167 Å². The van der Waals surface area contributed by atoms with Crippen LogP contribution in [0, 0.1) is 0 Å². The van der Waals surface area contributed by atoms with Crippen LogP contribution in [0.4, 0.5) is 0 Å². The minimum Gasteiger partial charge on any atom is -0.497 e. The van der Waals surface area contributed by atoms with Gasteiger partial charge in [-0.1, -0.05) is 35.5 Å². The highest BCUT2D eigenvalue weighted by atomic mass is 16.5. The van der Waals surface area contributed by atoms with Gasteiger partial charge >= 0.3 is 0 Å². The van der Waals surface area contributed by atoms with Gasteiger partial charge in [-0.2, -0.15) is 4.98 Å². The van der Waals surface area contributed by atoms with E-state index >= 15 is 0 Å². The van der Waals surface area contributed by atoms with Crippen molar-refractivity contribution in [2.24, 2.45) is 0 Å². The van der Waals surface area contributed by atoms with E-state index in [1.54, 1.807) is 43.5 Å². The number of rotatable bonds is 7. The quantitative estimate of drug-likeness (QED) is 0.434. The third kappa shape index (κ3) is 4.32. The maximum Gasteiger partial charge on any atom is 0.264 e. The molecule has 0 saturated heterocycles. The zero-order chi connectivity index (χ0) is 20.1. The lowest BCUT2D eigenvalue weighted by molar-refractivity contribution is 0.103. The van der Waals surface area contributed by atoms with Gasteiger partial charge in [-0.15, -0.1) is 0 Å². The van der Waals surface area contributed by atoms with Crippen LogP contribution in [0.5, 0.6) is 11.5 Å². The summed E-state index contributed by atoms with van der Waals surface area (Å²) in [5.74, 6) is 2.18.